The average molecular weight is 664 g/mol. The van der Waals surface area contributed by atoms with E-state index in [0.717, 1.165) is 51.5 Å². The number of hydrazine groups is 1. The van der Waals surface area contributed by atoms with Gasteiger partial charge in [-0.1, -0.05) is 6.42 Å². The van der Waals surface area contributed by atoms with Gasteiger partial charge in [0.05, 0.1) is 29.8 Å². The third-order valence-corrected chi connectivity index (χ3v) is 12.2. The van der Waals surface area contributed by atoms with Crippen molar-refractivity contribution in [3.8, 4) is 6.01 Å². The van der Waals surface area contributed by atoms with Crippen molar-refractivity contribution in [1.29, 1.82) is 0 Å². The van der Waals surface area contributed by atoms with Crippen LogP contribution in [0.4, 0.5) is 19.0 Å². The SMILES string of the molecule is Fc1c2ncc3c(nc(OC[C@@]45CCCN4C[C@H](F)C5)nc13)N1CCCC[C@](F)(COCCCCC3C(Cl)CC4NNCC4C23)C1. The van der Waals surface area contributed by atoms with Crippen molar-refractivity contribution in [1.82, 2.24) is 30.7 Å². The molecule has 8 heterocycles. The second kappa shape index (κ2) is 12.5. The van der Waals surface area contributed by atoms with Gasteiger partial charge in [0, 0.05) is 56.2 Å². The van der Waals surface area contributed by atoms with Crippen molar-refractivity contribution < 1.29 is 22.6 Å². The summed E-state index contributed by atoms with van der Waals surface area (Å²) in [5.74, 6) is -0.155. The normalized spacial score (nSPS) is 38.6. The molecular weight excluding hydrogens is 619 g/mol. The Balaban J connectivity index is 1.24. The molecule has 7 aliphatic rings. The molecule has 4 saturated heterocycles. The molecule has 9 rings (SSSR count). The van der Waals surface area contributed by atoms with Crippen molar-refractivity contribution in [2.24, 2.45) is 11.8 Å². The zero-order valence-corrected chi connectivity index (χ0v) is 27.1. The molecule has 13 heteroatoms. The molecule has 9 nitrogen and oxygen atoms in total. The molecule has 2 aromatic heterocycles. The first-order valence-electron chi connectivity index (χ1n) is 17.3. The molecule has 1 saturated carbocycles. The number of rotatable bonds is 3. The monoisotopic (exact) mass is 663 g/mol. The van der Waals surface area contributed by atoms with Crippen molar-refractivity contribution in [3.63, 3.8) is 0 Å². The Hall–Kier alpha value is -1.99. The lowest BCUT2D eigenvalue weighted by atomic mass is 9.66. The van der Waals surface area contributed by atoms with E-state index in [1.54, 1.807) is 6.20 Å². The van der Waals surface area contributed by atoms with Gasteiger partial charge in [-0.2, -0.15) is 9.97 Å². The summed E-state index contributed by atoms with van der Waals surface area (Å²) in [6, 6.07) is 0.147. The Morgan fingerprint density at radius 1 is 1.11 bits per heavy atom. The summed E-state index contributed by atoms with van der Waals surface area (Å²) in [6.07, 6.45) is 8.08. The first-order chi connectivity index (χ1) is 22.3. The van der Waals surface area contributed by atoms with Crippen molar-refractivity contribution >= 4 is 28.3 Å². The average Bonchev–Trinajstić information content (AvgIpc) is 3.69. The van der Waals surface area contributed by atoms with Crippen LogP contribution in [0.15, 0.2) is 6.20 Å². The summed E-state index contributed by atoms with van der Waals surface area (Å²) in [4.78, 5) is 18.4. The van der Waals surface area contributed by atoms with Crippen LogP contribution in [-0.4, -0.2) is 101 Å². The maximum atomic E-state index is 17.1. The Labute approximate surface area is 273 Å². The highest BCUT2D eigenvalue weighted by Crippen LogP contribution is 2.48. The number of ether oxygens (including phenoxy) is 2. The van der Waals surface area contributed by atoms with Gasteiger partial charge in [0.1, 0.15) is 24.1 Å². The van der Waals surface area contributed by atoms with Gasteiger partial charge in [0.2, 0.25) is 0 Å². The van der Waals surface area contributed by atoms with E-state index in [-0.39, 0.29) is 60.5 Å². The van der Waals surface area contributed by atoms with Crippen LogP contribution in [0, 0.1) is 17.7 Å². The van der Waals surface area contributed by atoms with E-state index in [1.807, 2.05) is 4.90 Å². The zero-order valence-electron chi connectivity index (χ0n) is 26.3. The van der Waals surface area contributed by atoms with Gasteiger partial charge in [-0.3, -0.25) is 20.7 Å². The fraction of sp³-hybridized carbons (Fsp3) is 0.788. The molecule has 46 heavy (non-hydrogen) atoms. The minimum Gasteiger partial charge on any atom is -0.461 e. The van der Waals surface area contributed by atoms with Gasteiger partial charge < -0.3 is 14.4 Å². The lowest BCUT2D eigenvalue weighted by molar-refractivity contribution is 0.0135. The van der Waals surface area contributed by atoms with E-state index in [0.29, 0.717) is 62.4 Å². The standard InChI is InChI=1S/C33H45ClF3N7O2/c34-24-12-25-22(15-39-42-25)26-21(24)6-1-4-11-45-18-32(37)7-2-3-9-43(17-32)30-23-14-38-29(26)27(36)28(23)40-31(41-30)46-19-33-8-5-10-44(33)16-20(35)13-33/h14,20-22,24-26,39,42H,1-13,15-19H2/t20-,21?,22?,24?,25?,26?,32-,33+/m1/s1. The number of halogens is 4. The lowest BCUT2D eigenvalue weighted by Gasteiger charge is -2.42. The van der Waals surface area contributed by atoms with E-state index < -0.39 is 23.2 Å². The van der Waals surface area contributed by atoms with Crippen molar-refractivity contribution in [2.75, 3.05) is 57.4 Å². The summed E-state index contributed by atoms with van der Waals surface area (Å²) in [5.41, 5.74) is 5.15. The Kier molecular flexibility index (Phi) is 8.48. The van der Waals surface area contributed by atoms with E-state index in [4.69, 9.17) is 31.0 Å². The molecule has 252 valence electrons. The van der Waals surface area contributed by atoms with Gasteiger partial charge >= 0.3 is 6.01 Å². The van der Waals surface area contributed by atoms with Crippen LogP contribution in [0.1, 0.15) is 75.8 Å². The summed E-state index contributed by atoms with van der Waals surface area (Å²) >= 11 is 7.06. The Bertz CT molecular complexity index is 1440. The number of nitrogens with zero attached hydrogens (tertiary/aromatic N) is 5. The third-order valence-electron chi connectivity index (χ3n) is 11.7. The maximum Gasteiger partial charge on any atom is 0.319 e. The van der Waals surface area contributed by atoms with Crippen LogP contribution in [-0.2, 0) is 4.74 Å². The molecule has 1 aliphatic carbocycles. The number of fused-ring (bicyclic) bond motifs is 8. The first-order valence-corrected chi connectivity index (χ1v) is 17.8. The van der Waals surface area contributed by atoms with E-state index in [2.05, 4.69) is 20.7 Å². The fourth-order valence-corrected chi connectivity index (χ4v) is 9.97. The molecule has 8 atom stereocenters. The van der Waals surface area contributed by atoms with Gasteiger partial charge in [-0.05, 0) is 69.7 Å². The number of pyridine rings is 1. The van der Waals surface area contributed by atoms with Crippen LogP contribution < -0.4 is 20.5 Å². The Morgan fingerprint density at radius 3 is 2.93 bits per heavy atom. The van der Waals surface area contributed by atoms with Crippen LogP contribution in [0.3, 0.4) is 0 Å². The zero-order chi connectivity index (χ0) is 31.5. The molecular formula is C33H45ClF3N7O2. The molecule has 0 aromatic carbocycles. The summed E-state index contributed by atoms with van der Waals surface area (Å²) in [5, 5.41) is 0.280. The van der Waals surface area contributed by atoms with Crippen LogP contribution in [0.2, 0.25) is 0 Å². The van der Waals surface area contributed by atoms with Crippen LogP contribution in [0.5, 0.6) is 6.01 Å². The van der Waals surface area contributed by atoms with Gasteiger partial charge in [0.15, 0.2) is 11.5 Å². The number of hydrogen-bond donors (Lipinski definition) is 2. The van der Waals surface area contributed by atoms with Gasteiger partial charge in [-0.15, -0.1) is 11.6 Å². The van der Waals surface area contributed by atoms with Crippen LogP contribution in [0.25, 0.3) is 10.9 Å². The third kappa shape index (κ3) is 5.63. The number of nitrogens with one attached hydrogen (secondary N) is 2. The number of anilines is 1. The highest BCUT2D eigenvalue weighted by atomic mass is 35.5. The first kappa shape index (κ1) is 31.3. The topological polar surface area (TPSA) is 87.7 Å². The van der Waals surface area contributed by atoms with Crippen molar-refractivity contribution in [3.05, 3.63) is 17.7 Å². The quantitative estimate of drug-likeness (QED) is 0.449. The van der Waals surface area contributed by atoms with E-state index in [9.17, 15) is 4.39 Å². The minimum absolute atomic E-state index is 0.000657. The summed E-state index contributed by atoms with van der Waals surface area (Å²) < 4.78 is 60.4. The molecule has 6 bridgehead atoms. The largest absolute Gasteiger partial charge is 0.461 e. The number of aromatic nitrogens is 3. The molecule has 2 aromatic rings. The van der Waals surface area contributed by atoms with Crippen molar-refractivity contribution in [2.45, 2.75) is 98.9 Å². The smallest absolute Gasteiger partial charge is 0.319 e. The highest BCUT2D eigenvalue weighted by molar-refractivity contribution is 6.21. The van der Waals surface area contributed by atoms with Crippen LogP contribution >= 0.6 is 11.6 Å². The number of hydrogen-bond acceptors (Lipinski definition) is 9. The molecule has 0 amide bonds. The number of alkyl halides is 3. The molecule has 6 aliphatic heterocycles. The van der Waals surface area contributed by atoms with E-state index in [1.165, 1.54) is 0 Å². The molecule has 2 N–H and O–H groups in total. The summed E-state index contributed by atoms with van der Waals surface area (Å²) in [7, 11) is 0. The highest BCUT2D eigenvalue weighted by Gasteiger charge is 2.50. The minimum atomic E-state index is -1.58. The van der Waals surface area contributed by atoms with Gasteiger partial charge in [-0.25, -0.2) is 13.2 Å². The molecule has 5 fully saturated rings. The second-order valence-electron chi connectivity index (χ2n) is 14.7. The van der Waals surface area contributed by atoms with E-state index >= 15 is 8.78 Å². The van der Waals surface area contributed by atoms with Gasteiger partial charge in [0.25, 0.3) is 0 Å². The molecule has 5 unspecified atom stereocenters. The maximum absolute atomic E-state index is 17.1. The predicted octanol–water partition coefficient (Wildman–Crippen LogP) is 4.82. The molecule has 0 radical (unpaired) electrons. The molecule has 0 spiro atoms. The predicted molar refractivity (Wildman–Crippen MR) is 169 cm³/mol. The summed E-state index contributed by atoms with van der Waals surface area (Å²) in [6.45, 7) is 3.26. The second-order valence-corrected chi connectivity index (χ2v) is 15.3. The Morgan fingerprint density at radius 2 is 2.02 bits per heavy atom. The fourth-order valence-electron chi connectivity index (χ4n) is 9.50. The lowest BCUT2D eigenvalue weighted by Crippen LogP contribution is -2.45.